The van der Waals surface area contributed by atoms with E-state index in [1.807, 2.05) is 26.0 Å². The SMILES string of the molecule is Cc1cc(NCc2ccc(C(F)(F)F)nc2)cc(C)c1NC(=O)CC1CCCC1. The van der Waals surface area contributed by atoms with Crippen LogP contribution in [0, 0.1) is 19.8 Å². The van der Waals surface area contributed by atoms with Gasteiger partial charge in [0.1, 0.15) is 5.69 Å². The van der Waals surface area contributed by atoms with Crippen molar-refractivity contribution in [3.8, 4) is 0 Å². The zero-order valence-corrected chi connectivity index (χ0v) is 16.7. The van der Waals surface area contributed by atoms with E-state index in [1.165, 1.54) is 25.1 Å². The molecule has 1 fully saturated rings. The van der Waals surface area contributed by atoms with Gasteiger partial charge in [-0.3, -0.25) is 9.78 Å². The normalized spacial score (nSPS) is 14.8. The number of carbonyl (C=O) groups excluding carboxylic acids is 1. The Bertz CT molecular complexity index is 834. The second-order valence-electron chi connectivity index (χ2n) is 7.79. The summed E-state index contributed by atoms with van der Waals surface area (Å²) in [6.07, 6.45) is 2.06. The molecule has 4 nitrogen and oxygen atoms in total. The monoisotopic (exact) mass is 405 g/mol. The van der Waals surface area contributed by atoms with Gasteiger partial charge in [0.15, 0.2) is 0 Å². The number of anilines is 2. The average molecular weight is 405 g/mol. The van der Waals surface area contributed by atoms with Crippen LogP contribution in [-0.2, 0) is 17.5 Å². The third-order valence-electron chi connectivity index (χ3n) is 5.36. The summed E-state index contributed by atoms with van der Waals surface area (Å²) in [6.45, 7) is 4.23. The van der Waals surface area contributed by atoms with E-state index in [2.05, 4.69) is 15.6 Å². The molecule has 0 unspecified atom stereocenters. The minimum Gasteiger partial charge on any atom is -0.381 e. The number of nitrogens with one attached hydrogen (secondary N) is 2. The highest BCUT2D eigenvalue weighted by Gasteiger charge is 2.31. The van der Waals surface area contributed by atoms with Gasteiger partial charge in [-0.25, -0.2) is 0 Å². The van der Waals surface area contributed by atoms with Crippen molar-refractivity contribution in [1.29, 1.82) is 0 Å². The van der Waals surface area contributed by atoms with Crippen molar-refractivity contribution in [3.63, 3.8) is 0 Å². The summed E-state index contributed by atoms with van der Waals surface area (Å²) in [7, 11) is 0. The number of halogens is 3. The summed E-state index contributed by atoms with van der Waals surface area (Å²) >= 11 is 0. The molecule has 2 aromatic rings. The van der Waals surface area contributed by atoms with E-state index in [-0.39, 0.29) is 5.91 Å². The molecule has 1 amide bonds. The first-order valence-electron chi connectivity index (χ1n) is 9.89. The number of carbonyl (C=O) groups is 1. The smallest absolute Gasteiger partial charge is 0.381 e. The fourth-order valence-electron chi connectivity index (χ4n) is 3.83. The van der Waals surface area contributed by atoms with E-state index in [0.29, 0.717) is 24.4 Å². The van der Waals surface area contributed by atoms with Gasteiger partial charge in [0.2, 0.25) is 5.91 Å². The number of pyridine rings is 1. The fourth-order valence-corrected chi connectivity index (χ4v) is 3.83. The Balaban J connectivity index is 1.60. The third-order valence-corrected chi connectivity index (χ3v) is 5.36. The zero-order valence-electron chi connectivity index (χ0n) is 16.7. The van der Waals surface area contributed by atoms with E-state index < -0.39 is 11.9 Å². The predicted molar refractivity (Wildman–Crippen MR) is 108 cm³/mol. The van der Waals surface area contributed by atoms with E-state index >= 15 is 0 Å². The van der Waals surface area contributed by atoms with Crippen LogP contribution in [0.4, 0.5) is 24.5 Å². The van der Waals surface area contributed by atoms with Crippen LogP contribution in [0.2, 0.25) is 0 Å². The molecular weight excluding hydrogens is 379 g/mol. The molecule has 0 atom stereocenters. The number of nitrogens with zero attached hydrogens (tertiary/aromatic N) is 1. The van der Waals surface area contributed by atoms with E-state index in [0.717, 1.165) is 41.4 Å². The molecule has 1 aromatic heterocycles. The molecular formula is C22H26F3N3O. The predicted octanol–water partition coefficient (Wildman–Crippen LogP) is 5.85. The molecule has 0 bridgehead atoms. The number of benzene rings is 1. The molecule has 1 saturated carbocycles. The number of alkyl halides is 3. The Kier molecular flexibility index (Phi) is 6.45. The van der Waals surface area contributed by atoms with E-state index in [9.17, 15) is 18.0 Å². The third kappa shape index (κ3) is 5.71. The van der Waals surface area contributed by atoms with Crippen LogP contribution in [0.15, 0.2) is 30.5 Å². The van der Waals surface area contributed by atoms with Crippen LogP contribution < -0.4 is 10.6 Å². The van der Waals surface area contributed by atoms with Crippen molar-refractivity contribution in [2.45, 2.75) is 58.7 Å². The Hall–Kier alpha value is -2.57. The summed E-state index contributed by atoms with van der Waals surface area (Å²) < 4.78 is 37.8. The first kappa shape index (κ1) is 21.1. The second-order valence-corrected chi connectivity index (χ2v) is 7.79. The van der Waals surface area contributed by atoms with Gasteiger partial charge in [-0.2, -0.15) is 13.2 Å². The minimum atomic E-state index is -4.43. The average Bonchev–Trinajstić information content (AvgIpc) is 3.15. The molecule has 0 radical (unpaired) electrons. The molecule has 0 spiro atoms. The number of hydrogen-bond acceptors (Lipinski definition) is 3. The second kappa shape index (κ2) is 8.84. The molecule has 156 valence electrons. The lowest BCUT2D eigenvalue weighted by Crippen LogP contribution is -2.16. The number of amides is 1. The molecule has 1 aromatic carbocycles. The fraction of sp³-hybridized carbons (Fsp3) is 0.455. The van der Waals surface area contributed by atoms with Crippen LogP contribution in [0.1, 0.15) is 54.5 Å². The van der Waals surface area contributed by atoms with E-state index in [1.54, 1.807) is 0 Å². The molecule has 1 aliphatic carbocycles. The van der Waals surface area contributed by atoms with Gasteiger partial charge in [-0.15, -0.1) is 0 Å². The van der Waals surface area contributed by atoms with Gasteiger partial charge in [0, 0.05) is 30.5 Å². The van der Waals surface area contributed by atoms with Crippen LogP contribution in [0.3, 0.4) is 0 Å². The number of hydrogen-bond donors (Lipinski definition) is 2. The van der Waals surface area contributed by atoms with Crippen molar-refractivity contribution in [2.24, 2.45) is 5.92 Å². The van der Waals surface area contributed by atoms with Crippen LogP contribution in [0.5, 0.6) is 0 Å². The number of aromatic nitrogens is 1. The Labute approximate surface area is 168 Å². The topological polar surface area (TPSA) is 54.0 Å². The van der Waals surface area contributed by atoms with Crippen LogP contribution in [0.25, 0.3) is 0 Å². The molecule has 7 heteroatoms. The molecule has 1 aliphatic rings. The molecule has 0 saturated heterocycles. The molecule has 2 N–H and O–H groups in total. The van der Waals surface area contributed by atoms with Crippen molar-refractivity contribution in [1.82, 2.24) is 4.98 Å². The van der Waals surface area contributed by atoms with Crippen molar-refractivity contribution < 1.29 is 18.0 Å². The summed E-state index contributed by atoms with van der Waals surface area (Å²) in [6, 6.07) is 6.25. The van der Waals surface area contributed by atoms with Crippen molar-refractivity contribution in [3.05, 3.63) is 52.8 Å². The maximum Gasteiger partial charge on any atom is 0.433 e. The quantitative estimate of drug-likeness (QED) is 0.634. The van der Waals surface area contributed by atoms with Gasteiger partial charge in [-0.1, -0.05) is 18.9 Å². The van der Waals surface area contributed by atoms with Crippen molar-refractivity contribution >= 4 is 17.3 Å². The summed E-state index contributed by atoms with van der Waals surface area (Å²) in [5.41, 5.74) is 3.31. The van der Waals surface area contributed by atoms with Crippen LogP contribution >= 0.6 is 0 Å². The highest BCUT2D eigenvalue weighted by molar-refractivity contribution is 5.92. The molecule has 0 aliphatic heterocycles. The molecule has 29 heavy (non-hydrogen) atoms. The Morgan fingerprint density at radius 1 is 1.14 bits per heavy atom. The lowest BCUT2D eigenvalue weighted by atomic mass is 10.0. The lowest BCUT2D eigenvalue weighted by Gasteiger charge is -2.16. The van der Waals surface area contributed by atoms with Crippen molar-refractivity contribution in [2.75, 3.05) is 10.6 Å². The number of rotatable bonds is 6. The Morgan fingerprint density at radius 3 is 2.34 bits per heavy atom. The van der Waals surface area contributed by atoms with E-state index in [4.69, 9.17) is 0 Å². The van der Waals surface area contributed by atoms with Gasteiger partial charge in [0.05, 0.1) is 0 Å². The first-order valence-corrected chi connectivity index (χ1v) is 9.89. The minimum absolute atomic E-state index is 0.0552. The maximum atomic E-state index is 12.6. The summed E-state index contributed by atoms with van der Waals surface area (Å²) in [5.74, 6) is 0.550. The van der Waals surface area contributed by atoms with Crippen LogP contribution in [-0.4, -0.2) is 10.9 Å². The number of aryl methyl sites for hydroxylation is 2. The van der Waals surface area contributed by atoms with Gasteiger partial charge in [0.25, 0.3) is 0 Å². The lowest BCUT2D eigenvalue weighted by molar-refractivity contribution is -0.141. The Morgan fingerprint density at radius 2 is 1.79 bits per heavy atom. The largest absolute Gasteiger partial charge is 0.433 e. The molecule has 1 heterocycles. The highest BCUT2D eigenvalue weighted by Crippen LogP contribution is 2.30. The van der Waals surface area contributed by atoms with Gasteiger partial charge in [-0.05, 0) is 67.5 Å². The van der Waals surface area contributed by atoms with Gasteiger partial charge >= 0.3 is 6.18 Å². The highest BCUT2D eigenvalue weighted by atomic mass is 19.4. The first-order chi connectivity index (χ1) is 13.7. The molecule has 3 rings (SSSR count). The summed E-state index contributed by atoms with van der Waals surface area (Å²) in [4.78, 5) is 15.8. The summed E-state index contributed by atoms with van der Waals surface area (Å²) in [5, 5.41) is 6.25. The maximum absolute atomic E-state index is 12.6. The van der Waals surface area contributed by atoms with Gasteiger partial charge < -0.3 is 10.6 Å². The zero-order chi connectivity index (χ0) is 21.0. The standard InChI is InChI=1S/C22H26F3N3O/c1-14-9-18(26-12-17-7-8-19(27-13-17)22(23,24)25)10-15(2)21(14)28-20(29)11-16-5-3-4-6-16/h7-10,13,16,26H,3-6,11-12H2,1-2H3,(H,28,29).